The standard InChI is InChI=1S/C16H21F2N/c17-13-8-12(9-14(18)10-13)16(6-2-1-3-7-16)11-19-15-4-5-15/h8-10,15,19H,1-7,11H2. The van der Waals surface area contributed by atoms with Gasteiger partial charge >= 0.3 is 0 Å². The average Bonchev–Trinajstić information content (AvgIpc) is 3.20. The Morgan fingerprint density at radius 3 is 2.21 bits per heavy atom. The van der Waals surface area contributed by atoms with E-state index >= 15 is 0 Å². The molecule has 1 aromatic rings. The van der Waals surface area contributed by atoms with E-state index in [4.69, 9.17) is 0 Å². The largest absolute Gasteiger partial charge is 0.313 e. The molecule has 2 saturated carbocycles. The van der Waals surface area contributed by atoms with E-state index < -0.39 is 11.6 Å². The molecule has 0 spiro atoms. The molecular weight excluding hydrogens is 244 g/mol. The zero-order valence-corrected chi connectivity index (χ0v) is 11.2. The molecule has 0 heterocycles. The first-order chi connectivity index (χ1) is 9.18. The van der Waals surface area contributed by atoms with E-state index in [0.29, 0.717) is 6.04 Å². The van der Waals surface area contributed by atoms with Gasteiger partial charge in [0.05, 0.1) is 0 Å². The van der Waals surface area contributed by atoms with Crippen LogP contribution in [0.5, 0.6) is 0 Å². The van der Waals surface area contributed by atoms with Crippen LogP contribution >= 0.6 is 0 Å². The van der Waals surface area contributed by atoms with Crippen LogP contribution in [0.1, 0.15) is 50.5 Å². The second-order valence-corrected chi connectivity index (χ2v) is 6.15. The molecule has 2 aliphatic carbocycles. The van der Waals surface area contributed by atoms with Gasteiger partial charge in [-0.3, -0.25) is 0 Å². The van der Waals surface area contributed by atoms with Crippen LogP contribution in [0.3, 0.4) is 0 Å². The molecule has 1 aromatic carbocycles. The zero-order valence-electron chi connectivity index (χ0n) is 11.2. The van der Waals surface area contributed by atoms with Crippen LogP contribution in [0.4, 0.5) is 8.78 Å². The lowest BCUT2D eigenvalue weighted by atomic mass is 9.69. The summed E-state index contributed by atoms with van der Waals surface area (Å²) >= 11 is 0. The molecule has 1 N–H and O–H groups in total. The first-order valence-electron chi connectivity index (χ1n) is 7.38. The topological polar surface area (TPSA) is 12.0 Å². The lowest BCUT2D eigenvalue weighted by molar-refractivity contribution is 0.277. The first kappa shape index (κ1) is 13.0. The lowest BCUT2D eigenvalue weighted by Crippen LogP contribution is -2.41. The van der Waals surface area contributed by atoms with Crippen molar-refractivity contribution < 1.29 is 8.78 Å². The van der Waals surface area contributed by atoms with Gasteiger partial charge in [0.15, 0.2) is 0 Å². The maximum atomic E-state index is 13.5. The van der Waals surface area contributed by atoms with Crippen LogP contribution in [0.2, 0.25) is 0 Å². The molecule has 0 radical (unpaired) electrons. The average molecular weight is 265 g/mol. The third kappa shape index (κ3) is 2.97. The van der Waals surface area contributed by atoms with Gasteiger partial charge in [-0.25, -0.2) is 8.78 Å². The Balaban J connectivity index is 1.87. The molecule has 0 aromatic heterocycles. The molecule has 0 atom stereocenters. The molecule has 2 aliphatic rings. The van der Waals surface area contributed by atoms with Gasteiger partial charge in [0.25, 0.3) is 0 Å². The fourth-order valence-electron chi connectivity index (χ4n) is 3.28. The smallest absolute Gasteiger partial charge is 0.126 e. The number of halogens is 2. The van der Waals surface area contributed by atoms with Crippen LogP contribution in [0, 0.1) is 11.6 Å². The van der Waals surface area contributed by atoms with E-state index in [0.717, 1.165) is 43.9 Å². The van der Waals surface area contributed by atoms with Gasteiger partial charge in [0.2, 0.25) is 0 Å². The third-order valence-electron chi connectivity index (χ3n) is 4.59. The van der Waals surface area contributed by atoms with Crippen molar-refractivity contribution in [3.8, 4) is 0 Å². The van der Waals surface area contributed by atoms with Gasteiger partial charge in [-0.2, -0.15) is 0 Å². The van der Waals surface area contributed by atoms with Crippen molar-refractivity contribution in [3.63, 3.8) is 0 Å². The first-order valence-corrected chi connectivity index (χ1v) is 7.38. The second-order valence-electron chi connectivity index (χ2n) is 6.15. The number of hydrogen-bond acceptors (Lipinski definition) is 1. The summed E-state index contributed by atoms with van der Waals surface area (Å²) in [5, 5.41) is 3.56. The highest BCUT2D eigenvalue weighted by atomic mass is 19.1. The molecule has 1 nitrogen and oxygen atoms in total. The Morgan fingerprint density at radius 1 is 1.00 bits per heavy atom. The second kappa shape index (κ2) is 5.20. The highest BCUT2D eigenvalue weighted by molar-refractivity contribution is 5.28. The SMILES string of the molecule is Fc1cc(F)cc(C2(CNC3CC3)CCCCC2)c1. The van der Waals surface area contributed by atoms with Crippen molar-refractivity contribution in [1.82, 2.24) is 5.32 Å². The Bertz CT molecular complexity index is 428. The molecular formula is C16H21F2N. The molecule has 0 bridgehead atoms. The van der Waals surface area contributed by atoms with Crippen LogP contribution in [-0.2, 0) is 5.41 Å². The molecule has 0 amide bonds. The summed E-state index contributed by atoms with van der Waals surface area (Å²) < 4.78 is 27.0. The highest BCUT2D eigenvalue weighted by Gasteiger charge is 2.36. The van der Waals surface area contributed by atoms with Crippen molar-refractivity contribution >= 4 is 0 Å². The number of benzene rings is 1. The van der Waals surface area contributed by atoms with Crippen molar-refractivity contribution in [1.29, 1.82) is 0 Å². The Labute approximate surface area is 113 Å². The summed E-state index contributed by atoms with van der Waals surface area (Å²) in [6.45, 7) is 0.862. The zero-order chi connectivity index (χ0) is 13.3. The van der Waals surface area contributed by atoms with E-state index in [9.17, 15) is 8.78 Å². The number of nitrogens with one attached hydrogen (secondary N) is 1. The molecule has 2 fully saturated rings. The fourth-order valence-corrected chi connectivity index (χ4v) is 3.28. The minimum atomic E-state index is -0.452. The van der Waals surface area contributed by atoms with Gasteiger partial charge in [-0.1, -0.05) is 19.3 Å². The maximum Gasteiger partial charge on any atom is 0.126 e. The summed E-state index contributed by atoms with van der Waals surface area (Å²) in [7, 11) is 0. The Kier molecular flexibility index (Phi) is 3.57. The molecule has 0 aliphatic heterocycles. The normalized spacial score (nSPS) is 22.4. The summed E-state index contributed by atoms with van der Waals surface area (Å²) in [5.74, 6) is -0.905. The van der Waals surface area contributed by atoms with E-state index in [1.54, 1.807) is 0 Å². The van der Waals surface area contributed by atoms with Crippen LogP contribution in [-0.4, -0.2) is 12.6 Å². The predicted molar refractivity (Wildman–Crippen MR) is 72.1 cm³/mol. The molecule has 0 unspecified atom stereocenters. The lowest BCUT2D eigenvalue weighted by Gasteiger charge is -2.38. The van der Waals surface area contributed by atoms with E-state index in [1.165, 1.54) is 31.4 Å². The van der Waals surface area contributed by atoms with E-state index in [1.807, 2.05) is 0 Å². The van der Waals surface area contributed by atoms with Crippen LogP contribution in [0.15, 0.2) is 18.2 Å². The third-order valence-corrected chi connectivity index (χ3v) is 4.59. The van der Waals surface area contributed by atoms with Gasteiger partial charge in [-0.05, 0) is 43.4 Å². The quantitative estimate of drug-likeness (QED) is 0.870. The van der Waals surface area contributed by atoms with E-state index in [-0.39, 0.29) is 5.41 Å². The van der Waals surface area contributed by atoms with Gasteiger partial charge < -0.3 is 5.32 Å². The summed E-state index contributed by atoms with van der Waals surface area (Å²) in [4.78, 5) is 0. The van der Waals surface area contributed by atoms with Crippen molar-refractivity contribution in [2.45, 2.75) is 56.4 Å². The van der Waals surface area contributed by atoms with Crippen LogP contribution in [0.25, 0.3) is 0 Å². The maximum absolute atomic E-state index is 13.5. The number of hydrogen-bond donors (Lipinski definition) is 1. The van der Waals surface area contributed by atoms with Gasteiger partial charge in [-0.15, -0.1) is 0 Å². The Morgan fingerprint density at radius 2 is 1.63 bits per heavy atom. The van der Waals surface area contributed by atoms with Crippen molar-refractivity contribution in [2.75, 3.05) is 6.54 Å². The van der Waals surface area contributed by atoms with Crippen molar-refractivity contribution in [2.24, 2.45) is 0 Å². The van der Waals surface area contributed by atoms with Gasteiger partial charge in [0.1, 0.15) is 11.6 Å². The molecule has 104 valence electrons. The van der Waals surface area contributed by atoms with Crippen LogP contribution < -0.4 is 5.32 Å². The highest BCUT2D eigenvalue weighted by Crippen LogP contribution is 2.40. The van der Waals surface area contributed by atoms with Gasteiger partial charge in [0, 0.05) is 24.1 Å². The molecule has 0 saturated heterocycles. The van der Waals surface area contributed by atoms with Crippen molar-refractivity contribution in [3.05, 3.63) is 35.4 Å². The summed E-state index contributed by atoms with van der Waals surface area (Å²) in [6, 6.07) is 4.66. The summed E-state index contributed by atoms with van der Waals surface area (Å²) in [6.07, 6.45) is 8.12. The molecule has 3 heteroatoms. The fraction of sp³-hybridized carbons (Fsp3) is 0.625. The number of rotatable bonds is 4. The molecule has 19 heavy (non-hydrogen) atoms. The monoisotopic (exact) mass is 265 g/mol. The minimum absolute atomic E-state index is 0.0657. The summed E-state index contributed by atoms with van der Waals surface area (Å²) in [5.41, 5.74) is 0.780. The molecule has 3 rings (SSSR count). The predicted octanol–water partition coefficient (Wildman–Crippen LogP) is 3.92. The minimum Gasteiger partial charge on any atom is -0.313 e. The Hall–Kier alpha value is -0.960. The van der Waals surface area contributed by atoms with E-state index in [2.05, 4.69) is 5.32 Å².